The molecule has 0 aromatic carbocycles. The molecule has 19 heteroatoms. The average Bonchev–Trinajstić information content (AvgIpc) is 1.92. The summed E-state index contributed by atoms with van der Waals surface area (Å²) in [7, 11) is -9.91. The van der Waals surface area contributed by atoms with Crippen molar-refractivity contribution in [3.63, 3.8) is 0 Å². The Labute approximate surface area is 562 Å². The van der Waals surface area contributed by atoms with E-state index in [-0.39, 0.29) is 25.7 Å². The number of aliphatic hydroxyl groups is 1. The van der Waals surface area contributed by atoms with Crippen LogP contribution in [0.5, 0.6) is 0 Å². The van der Waals surface area contributed by atoms with Gasteiger partial charge in [-0.05, 0) is 49.4 Å². The van der Waals surface area contributed by atoms with Crippen LogP contribution in [0.25, 0.3) is 0 Å². The fourth-order valence-corrected chi connectivity index (χ4v) is 12.6. The van der Waals surface area contributed by atoms with Crippen LogP contribution in [-0.4, -0.2) is 96.7 Å². The molecule has 0 saturated carbocycles. The minimum Gasteiger partial charge on any atom is -0.462 e. The number of phosphoric acid groups is 2. The number of aliphatic hydroxyl groups excluding tert-OH is 1. The monoisotopic (exact) mass is 1350 g/mol. The normalized spacial score (nSPS) is 14.5. The van der Waals surface area contributed by atoms with E-state index in [1.165, 1.54) is 161 Å². The van der Waals surface area contributed by atoms with Crippen LogP contribution < -0.4 is 0 Å². The van der Waals surface area contributed by atoms with Gasteiger partial charge in [0.1, 0.15) is 19.3 Å². The molecule has 0 saturated heterocycles. The Bertz CT molecular complexity index is 1820. The van der Waals surface area contributed by atoms with E-state index < -0.39 is 97.5 Å². The van der Waals surface area contributed by atoms with Crippen LogP contribution in [0.1, 0.15) is 364 Å². The number of hydrogen-bond donors (Lipinski definition) is 3. The lowest BCUT2D eigenvalue weighted by Crippen LogP contribution is -2.30. The van der Waals surface area contributed by atoms with Gasteiger partial charge in [0.05, 0.1) is 26.4 Å². The van der Waals surface area contributed by atoms with Crippen LogP contribution in [0.4, 0.5) is 0 Å². The molecule has 3 N–H and O–H groups in total. The predicted molar refractivity (Wildman–Crippen MR) is 372 cm³/mol. The molecule has 0 amide bonds. The summed E-state index contributed by atoms with van der Waals surface area (Å²) in [6.07, 6.45) is 46.0. The maximum absolute atomic E-state index is 13.0. The van der Waals surface area contributed by atoms with E-state index in [0.29, 0.717) is 31.6 Å². The smallest absolute Gasteiger partial charge is 0.462 e. The number of hydrogen-bond acceptors (Lipinski definition) is 15. The quantitative estimate of drug-likeness (QED) is 0.0222. The first-order valence-corrected chi connectivity index (χ1v) is 40.7. The lowest BCUT2D eigenvalue weighted by molar-refractivity contribution is -0.161. The molecule has 0 aliphatic heterocycles. The van der Waals surface area contributed by atoms with Crippen molar-refractivity contribution in [1.82, 2.24) is 0 Å². The van der Waals surface area contributed by atoms with E-state index in [1.807, 2.05) is 0 Å². The van der Waals surface area contributed by atoms with Gasteiger partial charge in [-0.25, -0.2) is 9.13 Å². The molecule has 0 fully saturated rings. The van der Waals surface area contributed by atoms with Crippen molar-refractivity contribution in [3.05, 3.63) is 0 Å². The molecule has 92 heavy (non-hydrogen) atoms. The Balaban J connectivity index is 5.20. The zero-order valence-corrected chi connectivity index (χ0v) is 62.0. The third-order valence-corrected chi connectivity index (χ3v) is 19.1. The van der Waals surface area contributed by atoms with Crippen molar-refractivity contribution >= 4 is 39.5 Å². The molecule has 6 atom stereocenters. The number of carbonyl (C=O) groups excluding carboxylic acids is 4. The highest BCUT2D eigenvalue weighted by Crippen LogP contribution is 2.45. The third-order valence-electron chi connectivity index (χ3n) is 17.2. The molecule has 0 radical (unpaired) electrons. The van der Waals surface area contributed by atoms with Gasteiger partial charge in [-0.3, -0.25) is 37.3 Å². The second-order valence-corrected chi connectivity index (χ2v) is 30.9. The van der Waals surface area contributed by atoms with Crippen molar-refractivity contribution < 1.29 is 80.2 Å². The molecular weight excluding hydrogens is 1210 g/mol. The van der Waals surface area contributed by atoms with Crippen LogP contribution in [-0.2, 0) is 65.4 Å². The Morgan fingerprint density at radius 3 is 0.772 bits per heavy atom. The van der Waals surface area contributed by atoms with Crippen LogP contribution in [0.2, 0.25) is 0 Å². The molecule has 0 aliphatic carbocycles. The van der Waals surface area contributed by atoms with Crippen molar-refractivity contribution in [2.24, 2.45) is 23.7 Å². The van der Waals surface area contributed by atoms with Crippen molar-refractivity contribution in [2.45, 2.75) is 382 Å². The SMILES string of the molecule is CCC(C)CCCCCCCCCCC(=O)O[C@H](COC(=O)CCCCCCCCCCCC(C)C)COP(=O)(O)OCC(O)COP(=O)(O)OC[C@@H](COC(=O)CCCCCCCCC(C)C)OC(=O)CCCCCCCCCCCCCCCCCCC(C)C. The van der Waals surface area contributed by atoms with Crippen molar-refractivity contribution in [1.29, 1.82) is 0 Å². The second kappa shape index (κ2) is 62.6. The Morgan fingerprint density at radius 2 is 0.522 bits per heavy atom. The molecule has 17 nitrogen and oxygen atoms in total. The summed E-state index contributed by atoms with van der Waals surface area (Å²) in [5.41, 5.74) is 0. The van der Waals surface area contributed by atoms with Crippen LogP contribution in [0, 0.1) is 23.7 Å². The second-order valence-electron chi connectivity index (χ2n) is 28.0. The lowest BCUT2D eigenvalue weighted by atomic mass is 9.99. The van der Waals surface area contributed by atoms with Gasteiger partial charge in [0, 0.05) is 25.7 Å². The number of esters is 4. The summed E-state index contributed by atoms with van der Waals surface area (Å²) in [6, 6.07) is 0. The highest BCUT2D eigenvalue weighted by Gasteiger charge is 2.30. The third kappa shape index (κ3) is 65.4. The summed E-state index contributed by atoms with van der Waals surface area (Å²) in [5, 5.41) is 10.6. The summed E-state index contributed by atoms with van der Waals surface area (Å²) in [4.78, 5) is 72.6. The number of rotatable bonds is 70. The van der Waals surface area contributed by atoms with Gasteiger partial charge in [0.15, 0.2) is 12.2 Å². The molecule has 4 unspecified atom stereocenters. The molecule has 0 bridgehead atoms. The van der Waals surface area contributed by atoms with Gasteiger partial charge in [-0.15, -0.1) is 0 Å². The minimum atomic E-state index is -4.95. The van der Waals surface area contributed by atoms with Gasteiger partial charge in [0.25, 0.3) is 0 Å². The first-order chi connectivity index (χ1) is 44.1. The number of ether oxygens (including phenoxy) is 4. The summed E-state index contributed by atoms with van der Waals surface area (Å²) in [6.45, 7) is 14.1. The number of carbonyl (C=O) groups is 4. The molecule has 0 aliphatic rings. The van der Waals surface area contributed by atoms with E-state index in [9.17, 15) is 43.2 Å². The fraction of sp³-hybridized carbons (Fsp3) is 0.945. The zero-order valence-electron chi connectivity index (χ0n) is 60.2. The van der Waals surface area contributed by atoms with Crippen LogP contribution in [0.3, 0.4) is 0 Å². The molecule has 0 rings (SSSR count). The predicted octanol–water partition coefficient (Wildman–Crippen LogP) is 20.9. The maximum Gasteiger partial charge on any atom is 0.472 e. The molecule has 546 valence electrons. The first-order valence-electron chi connectivity index (χ1n) is 37.7. The molecule has 0 heterocycles. The topological polar surface area (TPSA) is 237 Å². The molecular formula is C73H142O17P2. The lowest BCUT2D eigenvalue weighted by Gasteiger charge is -2.21. The van der Waals surface area contributed by atoms with E-state index >= 15 is 0 Å². The van der Waals surface area contributed by atoms with Gasteiger partial charge >= 0.3 is 39.5 Å². The van der Waals surface area contributed by atoms with E-state index in [1.54, 1.807) is 0 Å². The minimum absolute atomic E-state index is 0.104. The van der Waals surface area contributed by atoms with E-state index in [0.717, 1.165) is 114 Å². The highest BCUT2D eigenvalue weighted by molar-refractivity contribution is 7.47. The first kappa shape index (κ1) is 90.1. The standard InChI is InChI=1S/C73H142O17P2/c1-9-66(8)52-44-36-27-23-24-30-40-48-56-73(78)90-68(59-83-70(75)53-45-37-28-22-18-20-26-34-42-50-64(4)5)61-87-91(79,80)85-57-67(74)58-86-92(81,82)88-62-69(60-84-71(76)54-46-38-32-31-35-43-51-65(6)7)89-72(77)55-47-39-29-21-17-15-13-11-10-12-14-16-19-25-33-41-49-63(2)3/h63-69,74H,9-62H2,1-8H3,(H,79,80)(H,81,82)/t66?,67?,68-,69-/m1/s1. The fourth-order valence-electron chi connectivity index (χ4n) is 11.0. The average molecular weight is 1350 g/mol. The van der Waals surface area contributed by atoms with Gasteiger partial charge in [-0.2, -0.15) is 0 Å². The highest BCUT2D eigenvalue weighted by atomic mass is 31.2. The Kier molecular flexibility index (Phi) is 61.3. The summed E-state index contributed by atoms with van der Waals surface area (Å²) < 4.78 is 68.4. The Morgan fingerprint density at radius 1 is 0.304 bits per heavy atom. The maximum atomic E-state index is 13.0. The van der Waals surface area contributed by atoms with E-state index in [4.69, 9.17) is 37.0 Å². The summed E-state index contributed by atoms with van der Waals surface area (Å²) in [5.74, 6) is 0.873. The van der Waals surface area contributed by atoms with Gasteiger partial charge in [-0.1, -0.05) is 312 Å². The molecule has 0 aromatic rings. The van der Waals surface area contributed by atoms with Crippen molar-refractivity contribution in [2.75, 3.05) is 39.6 Å². The van der Waals surface area contributed by atoms with Crippen LogP contribution in [0.15, 0.2) is 0 Å². The number of unbranched alkanes of at least 4 members (excludes halogenated alkanes) is 35. The largest absolute Gasteiger partial charge is 0.472 e. The van der Waals surface area contributed by atoms with E-state index in [2.05, 4.69) is 55.4 Å². The van der Waals surface area contributed by atoms with Crippen molar-refractivity contribution in [3.8, 4) is 0 Å². The van der Waals surface area contributed by atoms with Gasteiger partial charge < -0.3 is 33.8 Å². The van der Waals surface area contributed by atoms with Gasteiger partial charge in [0.2, 0.25) is 0 Å². The number of phosphoric ester groups is 2. The zero-order chi connectivity index (χ0) is 68.2. The van der Waals surface area contributed by atoms with Crippen LogP contribution >= 0.6 is 15.6 Å². The summed E-state index contributed by atoms with van der Waals surface area (Å²) >= 11 is 0. The Hall–Kier alpha value is -1.94. The molecule has 0 spiro atoms. The molecule has 0 aromatic heterocycles.